The molecule has 0 bridgehead atoms. The summed E-state index contributed by atoms with van der Waals surface area (Å²) in [7, 11) is -3.76. The van der Waals surface area contributed by atoms with Crippen LogP contribution in [0.3, 0.4) is 0 Å². The van der Waals surface area contributed by atoms with E-state index < -0.39 is 38.4 Å². The minimum absolute atomic E-state index is 0.0278. The molecule has 38 heavy (non-hydrogen) atoms. The molecule has 1 aliphatic carbocycles. The Hall–Kier alpha value is -2.14. The first-order valence-electron chi connectivity index (χ1n) is 13.5. The summed E-state index contributed by atoms with van der Waals surface area (Å²) in [6.07, 6.45) is 9.64. The monoisotopic (exact) mass is 550 g/mol. The van der Waals surface area contributed by atoms with E-state index in [1.165, 1.54) is 9.21 Å². The van der Waals surface area contributed by atoms with Crippen LogP contribution in [0.2, 0.25) is 0 Å². The van der Waals surface area contributed by atoms with Crippen molar-refractivity contribution in [2.24, 2.45) is 5.92 Å². The Morgan fingerprint density at radius 3 is 2.55 bits per heavy atom. The van der Waals surface area contributed by atoms with Crippen LogP contribution < -0.4 is 0 Å². The van der Waals surface area contributed by atoms with Gasteiger partial charge in [-0.1, -0.05) is 24.3 Å². The number of aliphatic hydroxyl groups is 1. The predicted molar refractivity (Wildman–Crippen MR) is 139 cm³/mol. The van der Waals surface area contributed by atoms with E-state index in [1.54, 1.807) is 6.92 Å². The highest BCUT2D eigenvalue weighted by Crippen LogP contribution is 2.41. The van der Waals surface area contributed by atoms with E-state index in [4.69, 9.17) is 4.74 Å². The third kappa shape index (κ3) is 4.96. The third-order valence-electron chi connectivity index (χ3n) is 8.75. The van der Waals surface area contributed by atoms with Gasteiger partial charge in [0.1, 0.15) is 11.6 Å². The second-order valence-electron chi connectivity index (χ2n) is 11.1. The van der Waals surface area contributed by atoms with Crippen molar-refractivity contribution in [3.63, 3.8) is 0 Å². The zero-order valence-electron chi connectivity index (χ0n) is 21.7. The molecule has 1 aromatic rings. The molecule has 3 fully saturated rings. The Bertz CT molecular complexity index is 1230. The van der Waals surface area contributed by atoms with E-state index in [-0.39, 0.29) is 68.1 Å². The molecule has 0 spiro atoms. The fourth-order valence-corrected chi connectivity index (χ4v) is 8.82. The number of hydrogen-bond donors (Lipinski definition) is 1. The molecular weight excluding hydrogens is 514 g/mol. The normalized spacial score (nSPS) is 31.0. The van der Waals surface area contributed by atoms with Gasteiger partial charge in [0.15, 0.2) is 0 Å². The maximum atomic E-state index is 15.8. The van der Waals surface area contributed by atoms with Crippen molar-refractivity contribution in [3.8, 4) is 0 Å². The van der Waals surface area contributed by atoms with Crippen molar-refractivity contribution in [2.75, 3.05) is 26.3 Å². The number of halogens is 2. The smallest absolute Gasteiger partial charge is 0.233 e. The molecule has 1 amide bonds. The van der Waals surface area contributed by atoms with Crippen LogP contribution in [0.25, 0.3) is 0 Å². The van der Waals surface area contributed by atoms with Gasteiger partial charge in [0.05, 0.1) is 16.8 Å². The quantitative estimate of drug-likeness (QED) is 0.607. The van der Waals surface area contributed by atoms with Crippen LogP contribution in [0, 0.1) is 17.6 Å². The van der Waals surface area contributed by atoms with Crippen molar-refractivity contribution in [2.45, 2.75) is 74.8 Å². The van der Waals surface area contributed by atoms with E-state index in [9.17, 15) is 18.3 Å². The fraction of sp³-hybridized carbons (Fsp3) is 0.607. The number of carbonyl (C=O) groups is 1. The number of sulfonamides is 1. The molecule has 1 N–H and O–H groups in total. The fourth-order valence-electron chi connectivity index (χ4n) is 6.47. The number of nitrogens with zero attached hydrogens (tertiary/aromatic N) is 2. The number of likely N-dealkylation sites (tertiary alicyclic amines) is 1. The maximum Gasteiger partial charge on any atom is 0.233 e. The van der Waals surface area contributed by atoms with Gasteiger partial charge in [0.2, 0.25) is 15.9 Å². The lowest BCUT2D eigenvalue weighted by Crippen LogP contribution is -2.50. The molecule has 1 unspecified atom stereocenters. The van der Waals surface area contributed by atoms with Gasteiger partial charge in [-0.3, -0.25) is 4.79 Å². The Kier molecular flexibility index (Phi) is 7.79. The van der Waals surface area contributed by atoms with E-state index in [2.05, 4.69) is 0 Å². The molecule has 3 heterocycles. The molecule has 208 valence electrons. The summed E-state index contributed by atoms with van der Waals surface area (Å²) >= 11 is 0. The maximum absolute atomic E-state index is 15.8. The molecule has 5 rings (SSSR count). The van der Waals surface area contributed by atoms with Crippen LogP contribution in [-0.2, 0) is 31.5 Å². The van der Waals surface area contributed by atoms with E-state index in [0.717, 1.165) is 12.1 Å². The summed E-state index contributed by atoms with van der Waals surface area (Å²) in [6.45, 7) is 2.54. The standard InChI is InChI=1S/C28H36F2N2O5S/c1-19-7-8-26(20-5-3-2-4-6-20)38(35,36)32(19)17-21-15-25(30)23(16-24(21)29)28(10-13-37-14-11-28)27(34)31-12-9-22(33)18-31/h2-5,15-16,19-20,22,26,33H,6-14,17-18H2,1H3/t19-,20?,22+,26+/m0/s1. The summed E-state index contributed by atoms with van der Waals surface area (Å²) in [6, 6.07) is 1.79. The van der Waals surface area contributed by atoms with E-state index in [0.29, 0.717) is 32.2 Å². The molecule has 0 aromatic heterocycles. The largest absolute Gasteiger partial charge is 0.391 e. The summed E-state index contributed by atoms with van der Waals surface area (Å²) in [4.78, 5) is 15.1. The van der Waals surface area contributed by atoms with Crippen LogP contribution >= 0.6 is 0 Å². The molecule has 4 aliphatic rings. The lowest BCUT2D eigenvalue weighted by molar-refractivity contribution is -0.140. The average molecular weight is 551 g/mol. The molecule has 1 aromatic carbocycles. The molecule has 0 radical (unpaired) electrons. The highest BCUT2D eigenvalue weighted by molar-refractivity contribution is 7.89. The topological polar surface area (TPSA) is 87.2 Å². The Labute approximate surface area is 223 Å². The number of ether oxygens (including phenoxy) is 1. The summed E-state index contributed by atoms with van der Waals surface area (Å²) < 4.78 is 65.4. The first-order chi connectivity index (χ1) is 18.1. The number of benzene rings is 1. The van der Waals surface area contributed by atoms with Gasteiger partial charge in [-0.15, -0.1) is 0 Å². The SMILES string of the molecule is C[C@H]1CC[C@H](C2C=CC=CC2)S(=O)(=O)N1Cc1cc(F)c(C2(C(=O)N3CC[C@@H](O)C3)CCOCC2)cc1F. The van der Waals surface area contributed by atoms with Crippen molar-refractivity contribution >= 4 is 15.9 Å². The number of carbonyl (C=O) groups excluding carboxylic acids is 1. The molecule has 0 saturated carbocycles. The molecule has 3 saturated heterocycles. The zero-order valence-corrected chi connectivity index (χ0v) is 22.5. The van der Waals surface area contributed by atoms with E-state index >= 15 is 8.78 Å². The minimum Gasteiger partial charge on any atom is -0.391 e. The summed E-state index contributed by atoms with van der Waals surface area (Å²) in [5, 5.41) is 9.34. The first kappa shape index (κ1) is 27.4. The van der Waals surface area contributed by atoms with Gasteiger partial charge in [-0.25, -0.2) is 17.2 Å². The molecular formula is C28H36F2N2O5S. The molecule has 3 aliphatic heterocycles. The molecule has 10 heteroatoms. The second-order valence-corrected chi connectivity index (χ2v) is 13.2. The van der Waals surface area contributed by atoms with Crippen LogP contribution in [-0.4, -0.2) is 72.3 Å². The van der Waals surface area contributed by atoms with Crippen molar-refractivity contribution in [3.05, 3.63) is 59.2 Å². The predicted octanol–water partition coefficient (Wildman–Crippen LogP) is 3.42. The number of aliphatic hydroxyl groups excluding tert-OH is 1. The van der Waals surface area contributed by atoms with Crippen LogP contribution in [0.1, 0.15) is 56.6 Å². The van der Waals surface area contributed by atoms with Crippen LogP contribution in [0.4, 0.5) is 8.78 Å². The summed E-state index contributed by atoms with van der Waals surface area (Å²) in [5.74, 6) is -1.93. The second kappa shape index (κ2) is 10.8. The van der Waals surface area contributed by atoms with Gasteiger partial charge in [0, 0.05) is 50.0 Å². The molecule has 4 atom stereocenters. The van der Waals surface area contributed by atoms with Gasteiger partial charge >= 0.3 is 0 Å². The number of amides is 1. The number of hydrogen-bond acceptors (Lipinski definition) is 5. The van der Waals surface area contributed by atoms with Crippen molar-refractivity contribution in [1.29, 1.82) is 0 Å². The first-order valence-corrected chi connectivity index (χ1v) is 15.0. The highest BCUT2D eigenvalue weighted by Gasteiger charge is 2.48. The number of β-amino-alcohol motifs (C(OH)–C–C–N with tert-alkyl or cyclic N) is 1. The van der Waals surface area contributed by atoms with E-state index in [1.807, 2.05) is 24.3 Å². The van der Waals surface area contributed by atoms with Gasteiger partial charge < -0.3 is 14.7 Å². The van der Waals surface area contributed by atoms with Crippen LogP contribution in [0.5, 0.6) is 0 Å². The van der Waals surface area contributed by atoms with Gasteiger partial charge in [-0.2, -0.15) is 4.31 Å². The average Bonchev–Trinajstić information content (AvgIpc) is 3.34. The summed E-state index contributed by atoms with van der Waals surface area (Å²) in [5.41, 5.74) is -1.37. The Morgan fingerprint density at radius 2 is 1.89 bits per heavy atom. The minimum atomic E-state index is -3.76. The van der Waals surface area contributed by atoms with Gasteiger partial charge in [0.25, 0.3) is 0 Å². The Morgan fingerprint density at radius 1 is 1.13 bits per heavy atom. The number of rotatable bonds is 5. The Balaban J connectivity index is 1.44. The zero-order chi connectivity index (χ0) is 27.1. The van der Waals surface area contributed by atoms with Crippen molar-refractivity contribution < 1.29 is 31.8 Å². The highest BCUT2D eigenvalue weighted by atomic mass is 32.2. The molecule has 7 nitrogen and oxygen atoms in total. The van der Waals surface area contributed by atoms with Crippen LogP contribution in [0.15, 0.2) is 36.4 Å². The third-order valence-corrected chi connectivity index (χ3v) is 11.2. The lowest BCUT2D eigenvalue weighted by atomic mass is 9.72. The van der Waals surface area contributed by atoms with Crippen molar-refractivity contribution in [1.82, 2.24) is 9.21 Å². The number of allylic oxidation sites excluding steroid dienone is 4. The van der Waals surface area contributed by atoms with Gasteiger partial charge in [-0.05, 0) is 63.5 Å². The lowest BCUT2D eigenvalue weighted by Gasteiger charge is -2.40.